The van der Waals surface area contributed by atoms with E-state index in [2.05, 4.69) is 107 Å². The SMILES string of the molecule is CO[C@@H](C(=O)Cc1nnc(N[C@@H]2CCN(c3nccnn3)C2)s1)c1cccc(N2CC(F)C2)c1.CO[C@H](C(=O)Cc1nnc(N[C@@H]2CCN(c3nccnn3)C2)s1)c1cccc(N2CC(F)C2)c1.Nc1nnc(N[C@@H]2CCN(c3nccnn3)C2)s1. The molecule has 6 aromatic heterocycles. The van der Waals surface area contributed by atoms with Crippen molar-refractivity contribution in [3.8, 4) is 0 Å². The van der Waals surface area contributed by atoms with Crippen molar-refractivity contribution in [2.24, 2.45) is 0 Å². The van der Waals surface area contributed by atoms with Gasteiger partial charge in [0.15, 0.2) is 11.6 Å². The van der Waals surface area contributed by atoms with Crippen LogP contribution < -0.4 is 46.2 Å². The molecule has 0 aliphatic carbocycles. The van der Waals surface area contributed by atoms with Crippen molar-refractivity contribution in [1.82, 2.24) is 76.1 Å². The standard InChI is InChI=1S/2C22H25FN8O2S.C9H12N8S/c2*1-33-20(14-3-2-4-17(9-14)31-11-15(23)12-31)18(32)10-19-27-29-22(34-19)26-16-5-8-30(13-16)21-24-6-7-25-28-21;10-7-14-16-9(18-7)13-6-1-4-17(5-6)8-11-2-3-12-15-8/h2*2-4,6-7,9,15-16,20H,5,8,10-13H2,1H3,(H,26,29);2-3,6H,1,4-5H2,(H2,10,14)(H,13,16)/t16-,20+;16-,20-;6-/m111/s1. The van der Waals surface area contributed by atoms with Crippen LogP contribution in [0.5, 0.6) is 0 Å². The van der Waals surface area contributed by atoms with Crippen LogP contribution in [0, 0.1) is 0 Å². The molecular formula is C53H62F2N24O4S3. The van der Waals surface area contributed by atoms with Gasteiger partial charge in [0, 0.05) is 83.0 Å². The van der Waals surface area contributed by atoms with Crippen molar-refractivity contribution in [3.05, 3.63) is 107 Å². The van der Waals surface area contributed by atoms with E-state index >= 15 is 0 Å². The van der Waals surface area contributed by atoms with E-state index in [1.807, 2.05) is 58.3 Å². The van der Waals surface area contributed by atoms with Gasteiger partial charge in [-0.05, 0) is 54.7 Å². The van der Waals surface area contributed by atoms with Crippen LogP contribution in [0.3, 0.4) is 0 Å². The molecule has 5 saturated heterocycles. The number of anilines is 9. The van der Waals surface area contributed by atoms with E-state index in [1.165, 1.54) is 48.2 Å². The number of alkyl halides is 2. The first kappa shape index (κ1) is 59.2. The van der Waals surface area contributed by atoms with E-state index in [9.17, 15) is 18.4 Å². The highest BCUT2D eigenvalue weighted by Gasteiger charge is 2.32. The topological polar surface area (TPSA) is 324 Å². The van der Waals surface area contributed by atoms with Crippen molar-refractivity contribution in [1.29, 1.82) is 0 Å². The molecule has 5 aliphatic rings. The van der Waals surface area contributed by atoms with Gasteiger partial charge in [-0.3, -0.25) is 9.59 Å². The van der Waals surface area contributed by atoms with Gasteiger partial charge >= 0.3 is 0 Å². The lowest BCUT2D eigenvalue weighted by Crippen LogP contribution is -2.48. The number of carbonyl (C=O) groups excluding carboxylic acids is 2. The first-order valence-corrected chi connectivity index (χ1v) is 30.2. The number of halogens is 2. The maximum absolute atomic E-state index is 13.2. The Morgan fingerprint density at radius 2 is 0.907 bits per heavy atom. The molecular weight excluding hydrogens is 1170 g/mol. The van der Waals surface area contributed by atoms with E-state index in [-0.39, 0.29) is 36.5 Å². The Morgan fingerprint density at radius 1 is 0.523 bits per heavy atom. The van der Waals surface area contributed by atoms with Crippen LogP contribution in [0.2, 0.25) is 0 Å². The molecule has 0 radical (unpaired) electrons. The van der Waals surface area contributed by atoms with Gasteiger partial charge in [-0.2, -0.15) is 15.3 Å². The van der Waals surface area contributed by atoms with Crippen molar-refractivity contribution in [3.63, 3.8) is 0 Å². The second-order valence-electron chi connectivity index (χ2n) is 20.7. The minimum Gasteiger partial charge on any atom is -0.374 e. The lowest BCUT2D eigenvalue weighted by molar-refractivity contribution is -0.129. The number of carbonyl (C=O) groups is 2. The third-order valence-electron chi connectivity index (χ3n) is 14.6. The highest BCUT2D eigenvalue weighted by Crippen LogP contribution is 2.32. The fourth-order valence-electron chi connectivity index (χ4n) is 10.3. The summed E-state index contributed by atoms with van der Waals surface area (Å²) in [5.74, 6) is 1.69. The largest absolute Gasteiger partial charge is 0.374 e. The Bertz CT molecular complexity index is 3290. The maximum atomic E-state index is 13.2. The lowest BCUT2D eigenvalue weighted by atomic mass is 10.0. The van der Waals surface area contributed by atoms with Crippen molar-refractivity contribution >= 4 is 95.3 Å². The molecule has 86 heavy (non-hydrogen) atoms. The number of Topliss-reactive ketones (excluding diaryl/α,β-unsaturated/α-hetero) is 2. The van der Waals surface area contributed by atoms with Crippen LogP contribution in [0.15, 0.2) is 85.7 Å². The third-order valence-corrected chi connectivity index (χ3v) is 17.0. The summed E-state index contributed by atoms with van der Waals surface area (Å²) >= 11 is 4.09. The summed E-state index contributed by atoms with van der Waals surface area (Å²) in [5.41, 5.74) is 8.82. The van der Waals surface area contributed by atoms with E-state index < -0.39 is 24.6 Å². The van der Waals surface area contributed by atoms with E-state index in [4.69, 9.17) is 15.2 Å². The molecule has 0 saturated carbocycles. The Morgan fingerprint density at radius 3 is 1.24 bits per heavy atom. The molecule has 13 rings (SSSR count). The van der Waals surface area contributed by atoms with Crippen LogP contribution in [0.1, 0.15) is 52.6 Å². The molecule has 5 N–H and O–H groups in total. The molecule has 0 unspecified atom stereocenters. The fourth-order valence-corrected chi connectivity index (χ4v) is 12.6. The first-order valence-electron chi connectivity index (χ1n) is 27.8. The van der Waals surface area contributed by atoms with Crippen molar-refractivity contribution in [2.75, 3.05) is 126 Å². The second-order valence-corrected chi connectivity index (χ2v) is 23.8. The molecule has 450 valence electrons. The highest BCUT2D eigenvalue weighted by molar-refractivity contribution is 7.18. The smallest absolute Gasteiger partial charge is 0.245 e. The molecule has 33 heteroatoms. The second kappa shape index (κ2) is 28.1. The average molecular weight is 1230 g/mol. The number of benzene rings is 2. The zero-order valence-corrected chi connectivity index (χ0v) is 49.3. The first-order chi connectivity index (χ1) is 42.0. The van der Waals surface area contributed by atoms with Gasteiger partial charge in [0.1, 0.15) is 34.6 Å². The van der Waals surface area contributed by atoms with Gasteiger partial charge < -0.3 is 55.7 Å². The molecule has 5 fully saturated rings. The summed E-state index contributed by atoms with van der Waals surface area (Å²) in [6, 6.07) is 15.7. The van der Waals surface area contributed by atoms with Crippen LogP contribution in [-0.2, 0) is 31.9 Å². The molecule has 5 aliphatic heterocycles. The summed E-state index contributed by atoms with van der Waals surface area (Å²) in [6.07, 6.45) is 9.63. The number of nitrogens with zero attached hydrogens (tertiary/aromatic N) is 20. The number of nitrogens with two attached hydrogens (primary N) is 1. The number of ketones is 2. The van der Waals surface area contributed by atoms with E-state index in [0.29, 0.717) is 75.5 Å². The zero-order valence-electron chi connectivity index (χ0n) is 46.9. The van der Waals surface area contributed by atoms with Gasteiger partial charge in [0.25, 0.3) is 0 Å². The van der Waals surface area contributed by atoms with Crippen LogP contribution in [0.4, 0.5) is 58.5 Å². The number of ether oxygens (including phenoxy) is 2. The molecule has 0 spiro atoms. The average Bonchev–Trinajstić information content (AvgIpc) is 3.59. The number of nitrogen functional groups attached to an aromatic ring is 1. The molecule has 11 heterocycles. The lowest BCUT2D eigenvalue weighted by Gasteiger charge is -2.36. The molecule has 8 aromatic rings. The number of hydrogen-bond acceptors (Lipinski definition) is 31. The predicted octanol–water partition coefficient (Wildman–Crippen LogP) is 4.14. The normalized spacial score (nSPS) is 19.2. The monoisotopic (exact) mass is 1230 g/mol. The summed E-state index contributed by atoms with van der Waals surface area (Å²) < 4.78 is 37.5. The van der Waals surface area contributed by atoms with Crippen LogP contribution in [-0.4, -0.2) is 198 Å². The number of methoxy groups -OCH3 is 2. The number of nitrogens with one attached hydrogen (secondary N) is 3. The Balaban J connectivity index is 0.000000140. The molecule has 28 nitrogen and oxygen atoms in total. The molecule has 5 atom stereocenters. The van der Waals surface area contributed by atoms with Gasteiger partial charge in [0.05, 0.1) is 76.2 Å². The molecule has 0 amide bonds. The summed E-state index contributed by atoms with van der Waals surface area (Å²) in [4.78, 5) is 48.8. The number of hydrogen-bond donors (Lipinski definition) is 4. The summed E-state index contributed by atoms with van der Waals surface area (Å²) in [7, 11) is 3.03. The quantitative estimate of drug-likeness (QED) is 0.0785. The predicted molar refractivity (Wildman–Crippen MR) is 320 cm³/mol. The summed E-state index contributed by atoms with van der Waals surface area (Å²) in [6.45, 7) is 6.37. The van der Waals surface area contributed by atoms with Crippen LogP contribution in [0.25, 0.3) is 0 Å². The van der Waals surface area contributed by atoms with Gasteiger partial charge in [-0.15, -0.1) is 45.9 Å². The van der Waals surface area contributed by atoms with Gasteiger partial charge in [-0.25, -0.2) is 23.7 Å². The van der Waals surface area contributed by atoms with Gasteiger partial charge in [0.2, 0.25) is 38.4 Å². The summed E-state index contributed by atoms with van der Waals surface area (Å²) in [5, 5.41) is 62.2. The van der Waals surface area contributed by atoms with E-state index in [0.717, 1.165) is 86.2 Å². The molecule has 0 bridgehead atoms. The minimum atomic E-state index is -0.792. The Kier molecular flexibility index (Phi) is 19.4. The van der Waals surface area contributed by atoms with Crippen LogP contribution >= 0.6 is 34.0 Å². The Hall–Kier alpha value is -8.53. The third kappa shape index (κ3) is 15.3. The fraction of sp³-hybridized carbons (Fsp3) is 0.453. The van der Waals surface area contributed by atoms with Crippen molar-refractivity contribution in [2.45, 2.75) is 74.8 Å². The van der Waals surface area contributed by atoms with Crippen molar-refractivity contribution < 1.29 is 27.8 Å². The zero-order chi connectivity index (χ0) is 59.4. The maximum Gasteiger partial charge on any atom is 0.245 e. The minimum absolute atomic E-state index is 0.102. The molecule has 2 aromatic carbocycles. The highest BCUT2D eigenvalue weighted by atomic mass is 32.1. The Labute approximate surface area is 504 Å². The number of aromatic nitrogens is 15. The van der Waals surface area contributed by atoms with Gasteiger partial charge in [-0.1, -0.05) is 58.3 Å². The van der Waals surface area contributed by atoms with E-state index in [1.54, 1.807) is 37.2 Å². The number of rotatable bonds is 21.